The van der Waals surface area contributed by atoms with Gasteiger partial charge in [0.2, 0.25) is 0 Å². The van der Waals surface area contributed by atoms with Crippen LogP contribution in [0.25, 0.3) is 0 Å². The topological polar surface area (TPSA) is 92.2 Å². The number of carbonyl (C=O) groups excluding carboxylic acids is 1. The van der Waals surface area contributed by atoms with Crippen LogP contribution in [0.2, 0.25) is 0 Å². The molecule has 8 nitrogen and oxygen atoms in total. The highest BCUT2D eigenvalue weighted by molar-refractivity contribution is 7.07. The maximum absolute atomic E-state index is 12.5. The number of halogens is 3. The van der Waals surface area contributed by atoms with Crippen molar-refractivity contribution in [2.45, 2.75) is 19.0 Å². The van der Waals surface area contributed by atoms with Crippen molar-refractivity contribution in [3.63, 3.8) is 0 Å². The van der Waals surface area contributed by atoms with Crippen LogP contribution >= 0.6 is 11.3 Å². The maximum Gasteiger partial charge on any atom is 0.490 e. The number of likely N-dealkylation sites (tertiary alicyclic amines) is 2. The van der Waals surface area contributed by atoms with E-state index in [1.165, 1.54) is 11.3 Å². The van der Waals surface area contributed by atoms with Crippen molar-refractivity contribution in [3.8, 4) is 0 Å². The summed E-state index contributed by atoms with van der Waals surface area (Å²) < 4.78 is 42.5. The van der Waals surface area contributed by atoms with E-state index >= 15 is 0 Å². The van der Waals surface area contributed by atoms with E-state index in [0.29, 0.717) is 11.6 Å². The summed E-state index contributed by atoms with van der Waals surface area (Å²) in [5.41, 5.74) is 2.57. The smallest absolute Gasteiger partial charge is 0.475 e. The number of alkyl halides is 3. The van der Waals surface area contributed by atoms with Crippen molar-refractivity contribution in [2.75, 3.05) is 60.2 Å². The van der Waals surface area contributed by atoms with E-state index in [0.717, 1.165) is 58.8 Å². The highest BCUT2D eigenvalue weighted by Crippen LogP contribution is 2.44. The fourth-order valence-electron chi connectivity index (χ4n) is 4.17. The molecule has 0 saturated carbocycles. The van der Waals surface area contributed by atoms with Gasteiger partial charge in [-0.25, -0.2) is 9.78 Å². The van der Waals surface area contributed by atoms with Crippen LogP contribution in [0, 0.1) is 11.3 Å². The second-order valence-corrected chi connectivity index (χ2v) is 8.43. The normalized spacial score (nSPS) is 21.1. The largest absolute Gasteiger partial charge is 0.490 e. The first kappa shape index (κ1) is 25.5. The number of amides is 1. The maximum atomic E-state index is 12.5. The van der Waals surface area contributed by atoms with E-state index in [1.807, 2.05) is 10.3 Å². The van der Waals surface area contributed by atoms with Crippen LogP contribution in [0.3, 0.4) is 0 Å². The monoisotopic (exact) mass is 467 g/mol. The number of carboxylic acids is 1. The van der Waals surface area contributed by atoms with Crippen LogP contribution < -0.4 is 0 Å². The molecule has 3 rings (SSSR count). The molecule has 2 aliphatic heterocycles. The summed E-state index contributed by atoms with van der Waals surface area (Å²) in [6, 6.07) is 0. The summed E-state index contributed by atoms with van der Waals surface area (Å²) in [5, 5.41) is 8.96. The molecule has 3 heterocycles. The number of hydrogen-bond acceptors (Lipinski definition) is 7. The van der Waals surface area contributed by atoms with E-state index in [2.05, 4.69) is 9.88 Å². The Balaban J connectivity index is 0.000000423. The van der Waals surface area contributed by atoms with Gasteiger partial charge in [-0.3, -0.25) is 4.79 Å². The van der Waals surface area contributed by atoms with Gasteiger partial charge in [0.15, 0.2) is 0 Å². The number of aliphatic carboxylic acids is 1. The molecule has 2 aliphatic rings. The molecule has 1 aromatic heterocycles. The molecule has 1 atom stereocenters. The van der Waals surface area contributed by atoms with Crippen LogP contribution in [0.5, 0.6) is 0 Å². The van der Waals surface area contributed by atoms with E-state index in [4.69, 9.17) is 19.4 Å². The minimum atomic E-state index is -5.08. The Hall–Kier alpha value is -1.76. The second kappa shape index (κ2) is 11.2. The number of hydrogen-bond donors (Lipinski definition) is 1. The molecule has 1 unspecified atom stereocenters. The number of carboxylic acid groups (broad SMARTS) is 1. The van der Waals surface area contributed by atoms with Gasteiger partial charge in [0.25, 0.3) is 5.91 Å². The van der Waals surface area contributed by atoms with Gasteiger partial charge in [0.1, 0.15) is 5.69 Å². The predicted molar refractivity (Wildman–Crippen MR) is 107 cm³/mol. The Morgan fingerprint density at radius 3 is 2.42 bits per heavy atom. The highest BCUT2D eigenvalue weighted by Gasteiger charge is 2.48. The van der Waals surface area contributed by atoms with Crippen molar-refractivity contribution in [1.29, 1.82) is 0 Å². The average molecular weight is 468 g/mol. The number of aromatic nitrogens is 1. The van der Waals surface area contributed by atoms with Crippen LogP contribution in [0.1, 0.15) is 23.3 Å². The van der Waals surface area contributed by atoms with Gasteiger partial charge >= 0.3 is 12.1 Å². The third-order valence-electron chi connectivity index (χ3n) is 5.80. The van der Waals surface area contributed by atoms with Crippen LogP contribution in [-0.4, -0.2) is 98.1 Å². The minimum Gasteiger partial charge on any atom is -0.475 e. The molecule has 1 amide bonds. The van der Waals surface area contributed by atoms with Gasteiger partial charge in [-0.2, -0.15) is 13.2 Å². The van der Waals surface area contributed by atoms with Crippen molar-refractivity contribution in [1.82, 2.24) is 14.8 Å². The Kier molecular flexibility index (Phi) is 9.22. The van der Waals surface area contributed by atoms with Crippen LogP contribution in [0.4, 0.5) is 13.2 Å². The molecule has 0 aromatic carbocycles. The zero-order chi connectivity index (χ0) is 23.1. The number of thiazole rings is 1. The van der Waals surface area contributed by atoms with E-state index in [1.54, 1.807) is 19.7 Å². The van der Waals surface area contributed by atoms with Gasteiger partial charge < -0.3 is 24.4 Å². The molecular weight excluding hydrogens is 439 g/mol. The third kappa shape index (κ3) is 6.86. The number of rotatable bonds is 6. The SMILES string of the molecule is COCCN1CC(COC)C2(CCN(C(=O)c3cscn3)CC2)C1.O=C(O)C(F)(F)F. The molecule has 31 heavy (non-hydrogen) atoms. The molecule has 1 spiro atoms. The molecule has 2 fully saturated rings. The summed E-state index contributed by atoms with van der Waals surface area (Å²) >= 11 is 1.47. The lowest BCUT2D eigenvalue weighted by Crippen LogP contribution is -2.47. The molecular formula is C19H28F3N3O5S. The molecule has 0 aliphatic carbocycles. The van der Waals surface area contributed by atoms with E-state index in [-0.39, 0.29) is 11.3 Å². The van der Waals surface area contributed by atoms with Crippen molar-refractivity contribution < 1.29 is 37.3 Å². The van der Waals surface area contributed by atoms with Crippen molar-refractivity contribution in [2.24, 2.45) is 11.3 Å². The first-order chi connectivity index (χ1) is 14.6. The van der Waals surface area contributed by atoms with Gasteiger partial charge in [-0.05, 0) is 18.3 Å². The molecule has 0 radical (unpaired) electrons. The number of carbonyl (C=O) groups is 2. The summed E-state index contributed by atoms with van der Waals surface area (Å²) in [6.45, 7) is 6.32. The summed E-state index contributed by atoms with van der Waals surface area (Å²) in [6.07, 6.45) is -3.00. The zero-order valence-electron chi connectivity index (χ0n) is 17.6. The predicted octanol–water partition coefficient (Wildman–Crippen LogP) is 2.22. The Bertz CT molecular complexity index is 709. The van der Waals surface area contributed by atoms with Crippen LogP contribution in [-0.2, 0) is 14.3 Å². The number of nitrogens with zero attached hydrogens (tertiary/aromatic N) is 3. The van der Waals surface area contributed by atoms with Crippen LogP contribution in [0.15, 0.2) is 10.9 Å². The quantitative estimate of drug-likeness (QED) is 0.686. The number of ether oxygens (including phenoxy) is 2. The minimum absolute atomic E-state index is 0.0728. The van der Waals surface area contributed by atoms with E-state index in [9.17, 15) is 18.0 Å². The highest BCUT2D eigenvalue weighted by atomic mass is 32.1. The Labute approximate surface area is 182 Å². The zero-order valence-corrected chi connectivity index (χ0v) is 18.4. The number of methoxy groups -OCH3 is 2. The molecule has 1 N–H and O–H groups in total. The molecule has 176 valence electrons. The summed E-state index contributed by atoms with van der Waals surface area (Å²) in [4.78, 5) is 30.0. The standard InChI is InChI=1S/C17H27N3O3S.C2HF3O2/c1-22-8-7-19-9-14(10-23-2)17(12-19)3-5-20(6-4-17)16(21)15-11-24-13-18-15;3-2(4,5)1(6)7/h11,13-14H,3-10,12H2,1-2H3;(H,6,7). The second-order valence-electron chi connectivity index (χ2n) is 7.71. The Morgan fingerprint density at radius 1 is 1.29 bits per heavy atom. The number of piperidine rings is 1. The van der Waals surface area contributed by atoms with Gasteiger partial charge in [0, 0.05) is 58.2 Å². The van der Waals surface area contributed by atoms with Gasteiger partial charge in [0.05, 0.1) is 18.7 Å². The van der Waals surface area contributed by atoms with E-state index < -0.39 is 12.1 Å². The Morgan fingerprint density at radius 2 is 1.94 bits per heavy atom. The molecule has 1 aromatic rings. The fourth-order valence-corrected chi connectivity index (χ4v) is 4.69. The summed E-state index contributed by atoms with van der Waals surface area (Å²) in [7, 11) is 3.54. The first-order valence-electron chi connectivity index (χ1n) is 9.81. The van der Waals surface area contributed by atoms with Gasteiger partial charge in [-0.1, -0.05) is 0 Å². The van der Waals surface area contributed by atoms with Gasteiger partial charge in [-0.15, -0.1) is 11.3 Å². The molecule has 12 heteroatoms. The van der Waals surface area contributed by atoms with Crippen molar-refractivity contribution >= 4 is 23.2 Å². The van der Waals surface area contributed by atoms with Crippen molar-refractivity contribution in [3.05, 3.63) is 16.6 Å². The fraction of sp³-hybridized carbons (Fsp3) is 0.737. The lowest BCUT2D eigenvalue weighted by Gasteiger charge is -2.42. The lowest BCUT2D eigenvalue weighted by atomic mass is 9.71. The summed E-state index contributed by atoms with van der Waals surface area (Å²) in [5.74, 6) is -2.15. The average Bonchev–Trinajstić information content (AvgIpc) is 3.36. The first-order valence-corrected chi connectivity index (χ1v) is 10.7. The lowest BCUT2D eigenvalue weighted by molar-refractivity contribution is -0.192. The third-order valence-corrected chi connectivity index (χ3v) is 6.39. The molecule has 2 saturated heterocycles. The molecule has 0 bridgehead atoms.